The Morgan fingerprint density at radius 3 is 2.74 bits per heavy atom. The van der Waals surface area contributed by atoms with Crippen LogP contribution in [0.4, 0.5) is 5.13 Å². The van der Waals surface area contributed by atoms with Crippen molar-refractivity contribution in [3.05, 3.63) is 47.0 Å². The molecule has 27 heavy (non-hydrogen) atoms. The van der Waals surface area contributed by atoms with Crippen LogP contribution in [0.3, 0.4) is 0 Å². The number of thiazole rings is 1. The van der Waals surface area contributed by atoms with Crippen LogP contribution in [0.25, 0.3) is 0 Å². The van der Waals surface area contributed by atoms with E-state index >= 15 is 0 Å². The van der Waals surface area contributed by atoms with Gasteiger partial charge in [-0.1, -0.05) is 30.3 Å². The number of likely N-dealkylation sites (tertiary alicyclic amines) is 2. The summed E-state index contributed by atoms with van der Waals surface area (Å²) in [5.74, 6) is 1.52. The lowest BCUT2D eigenvalue weighted by molar-refractivity contribution is 0.122. The minimum Gasteiger partial charge on any atom is -0.378 e. The first-order valence-electron chi connectivity index (χ1n) is 10.0. The molecule has 0 spiro atoms. The van der Waals surface area contributed by atoms with Crippen molar-refractivity contribution >= 4 is 16.5 Å². The zero-order chi connectivity index (χ0) is 18.2. The van der Waals surface area contributed by atoms with Gasteiger partial charge in [0.25, 0.3) is 0 Å². The lowest BCUT2D eigenvalue weighted by Crippen LogP contribution is -2.36. The smallest absolute Gasteiger partial charge is 0.185 e. The van der Waals surface area contributed by atoms with Gasteiger partial charge in [-0.2, -0.15) is 0 Å². The third-order valence-corrected chi connectivity index (χ3v) is 7.36. The molecule has 6 heteroatoms. The molecule has 2 aromatic rings. The van der Waals surface area contributed by atoms with E-state index in [0.29, 0.717) is 6.04 Å². The summed E-state index contributed by atoms with van der Waals surface area (Å²) in [7, 11) is 2.29. The highest BCUT2D eigenvalue weighted by atomic mass is 32.1. The van der Waals surface area contributed by atoms with Crippen molar-refractivity contribution in [1.29, 1.82) is 0 Å². The molecule has 0 aliphatic carbocycles. The Morgan fingerprint density at radius 2 is 1.93 bits per heavy atom. The number of hydrogen-bond acceptors (Lipinski definition) is 6. The Balaban J connectivity index is 1.24. The number of aromatic nitrogens is 1. The highest BCUT2D eigenvalue weighted by molar-refractivity contribution is 7.15. The van der Waals surface area contributed by atoms with E-state index in [1.807, 2.05) is 11.3 Å². The summed E-state index contributed by atoms with van der Waals surface area (Å²) in [5.41, 5.74) is 1.47. The van der Waals surface area contributed by atoms with Gasteiger partial charge in [0.2, 0.25) is 0 Å². The van der Waals surface area contributed by atoms with Gasteiger partial charge in [0.1, 0.15) is 0 Å². The van der Waals surface area contributed by atoms with Gasteiger partial charge in [0.05, 0.1) is 13.2 Å². The molecule has 0 radical (unpaired) electrons. The Morgan fingerprint density at radius 1 is 1.11 bits per heavy atom. The molecule has 5 nitrogen and oxygen atoms in total. The summed E-state index contributed by atoms with van der Waals surface area (Å²) in [4.78, 5) is 13.6. The number of benzene rings is 1. The molecule has 4 heterocycles. The second-order valence-corrected chi connectivity index (χ2v) is 9.22. The van der Waals surface area contributed by atoms with Crippen molar-refractivity contribution in [3.63, 3.8) is 0 Å². The fourth-order valence-electron chi connectivity index (χ4n) is 5.12. The van der Waals surface area contributed by atoms with Crippen LogP contribution in [0, 0.1) is 11.8 Å². The molecule has 5 rings (SSSR count). The van der Waals surface area contributed by atoms with E-state index in [4.69, 9.17) is 4.74 Å². The standard InChI is InChI=1S/C21H28N4OS/c1-23-12-17-13-24(15-19(17)20(23)16-5-3-2-4-6-16)14-18-11-22-21(27-18)25-7-9-26-10-8-25/h2-6,11,17,19-20H,7-10,12-15H2,1H3/t17-,19+,20-/m0/s1. The van der Waals surface area contributed by atoms with E-state index in [0.717, 1.165) is 49.8 Å². The van der Waals surface area contributed by atoms with Crippen molar-refractivity contribution in [2.24, 2.45) is 11.8 Å². The fraction of sp³-hybridized carbons (Fsp3) is 0.571. The predicted octanol–water partition coefficient (Wildman–Crippen LogP) is 2.71. The van der Waals surface area contributed by atoms with E-state index < -0.39 is 0 Å². The summed E-state index contributed by atoms with van der Waals surface area (Å²) in [5, 5.41) is 1.16. The molecule has 3 atom stereocenters. The van der Waals surface area contributed by atoms with Crippen molar-refractivity contribution in [2.45, 2.75) is 12.6 Å². The number of fused-ring (bicyclic) bond motifs is 1. The number of nitrogens with zero attached hydrogens (tertiary/aromatic N) is 4. The highest BCUT2D eigenvalue weighted by Gasteiger charge is 2.45. The second kappa shape index (κ2) is 7.51. The fourth-order valence-corrected chi connectivity index (χ4v) is 6.13. The maximum absolute atomic E-state index is 5.46. The van der Waals surface area contributed by atoms with Crippen molar-refractivity contribution < 1.29 is 4.74 Å². The maximum Gasteiger partial charge on any atom is 0.185 e. The molecule has 1 aromatic heterocycles. The van der Waals surface area contributed by atoms with Crippen LogP contribution in [0.2, 0.25) is 0 Å². The van der Waals surface area contributed by atoms with Crippen LogP contribution >= 0.6 is 11.3 Å². The van der Waals surface area contributed by atoms with Crippen LogP contribution in [0.5, 0.6) is 0 Å². The number of hydrogen-bond donors (Lipinski definition) is 0. The van der Waals surface area contributed by atoms with Gasteiger partial charge in [-0.3, -0.25) is 9.80 Å². The molecular formula is C21H28N4OS. The van der Waals surface area contributed by atoms with E-state index in [1.54, 1.807) is 0 Å². The first-order chi connectivity index (χ1) is 13.3. The molecule has 0 unspecified atom stereocenters. The lowest BCUT2D eigenvalue weighted by Gasteiger charge is -2.27. The molecule has 3 saturated heterocycles. The molecule has 3 aliphatic rings. The van der Waals surface area contributed by atoms with Gasteiger partial charge in [0, 0.05) is 56.4 Å². The number of morpholine rings is 1. The summed E-state index contributed by atoms with van der Waals surface area (Å²) >= 11 is 1.86. The summed E-state index contributed by atoms with van der Waals surface area (Å²) in [6, 6.07) is 11.6. The highest BCUT2D eigenvalue weighted by Crippen LogP contribution is 2.44. The van der Waals surface area contributed by atoms with E-state index in [9.17, 15) is 0 Å². The topological polar surface area (TPSA) is 31.8 Å². The molecule has 0 saturated carbocycles. The van der Waals surface area contributed by atoms with Crippen molar-refractivity contribution in [1.82, 2.24) is 14.8 Å². The summed E-state index contributed by atoms with van der Waals surface area (Å²) in [6.45, 7) is 8.22. The van der Waals surface area contributed by atoms with Gasteiger partial charge >= 0.3 is 0 Å². The average molecular weight is 385 g/mol. The zero-order valence-electron chi connectivity index (χ0n) is 16.0. The van der Waals surface area contributed by atoms with Gasteiger partial charge < -0.3 is 9.64 Å². The second-order valence-electron chi connectivity index (χ2n) is 8.12. The Hall–Kier alpha value is -1.47. The number of rotatable bonds is 4. The van der Waals surface area contributed by atoms with Crippen LogP contribution in [0.1, 0.15) is 16.5 Å². The van der Waals surface area contributed by atoms with E-state index in [2.05, 4.69) is 63.3 Å². The first-order valence-corrected chi connectivity index (χ1v) is 10.8. The molecule has 3 aliphatic heterocycles. The summed E-state index contributed by atoms with van der Waals surface area (Å²) < 4.78 is 5.46. The molecule has 1 aromatic carbocycles. The number of ether oxygens (including phenoxy) is 1. The summed E-state index contributed by atoms with van der Waals surface area (Å²) in [6.07, 6.45) is 2.09. The van der Waals surface area contributed by atoms with Gasteiger partial charge in [-0.05, 0) is 24.4 Å². The van der Waals surface area contributed by atoms with Gasteiger partial charge in [-0.15, -0.1) is 11.3 Å². The van der Waals surface area contributed by atoms with Gasteiger partial charge in [-0.25, -0.2) is 4.98 Å². The normalized spacial score (nSPS) is 29.4. The third-order valence-electron chi connectivity index (χ3n) is 6.31. The molecule has 3 fully saturated rings. The van der Waals surface area contributed by atoms with Crippen LogP contribution in [-0.4, -0.2) is 67.8 Å². The van der Waals surface area contributed by atoms with Gasteiger partial charge in [0.15, 0.2) is 5.13 Å². The average Bonchev–Trinajstić information content (AvgIpc) is 3.38. The molecular weight excluding hydrogens is 356 g/mol. The Bertz CT molecular complexity index is 761. The zero-order valence-corrected chi connectivity index (χ0v) is 16.8. The van der Waals surface area contributed by atoms with Crippen molar-refractivity contribution in [2.75, 3.05) is 57.9 Å². The molecule has 0 amide bonds. The largest absolute Gasteiger partial charge is 0.378 e. The SMILES string of the molecule is CN1C[C@H]2CN(Cc3cnc(N4CCOCC4)s3)C[C@H]2[C@@H]1c1ccccc1. The lowest BCUT2D eigenvalue weighted by atomic mass is 9.90. The van der Waals surface area contributed by atoms with E-state index in [1.165, 1.54) is 30.1 Å². The van der Waals surface area contributed by atoms with Crippen LogP contribution < -0.4 is 4.90 Å². The van der Waals surface area contributed by atoms with Crippen LogP contribution in [0.15, 0.2) is 36.5 Å². The minimum atomic E-state index is 0.562. The molecule has 144 valence electrons. The quantitative estimate of drug-likeness (QED) is 0.809. The van der Waals surface area contributed by atoms with E-state index in [-0.39, 0.29) is 0 Å². The Labute approximate surface area is 165 Å². The number of anilines is 1. The first kappa shape index (κ1) is 17.6. The molecule has 0 N–H and O–H groups in total. The van der Waals surface area contributed by atoms with Crippen molar-refractivity contribution in [3.8, 4) is 0 Å². The minimum absolute atomic E-state index is 0.562. The maximum atomic E-state index is 5.46. The third kappa shape index (κ3) is 3.51. The monoisotopic (exact) mass is 384 g/mol. The van der Waals surface area contributed by atoms with Crippen LogP contribution in [-0.2, 0) is 11.3 Å². The Kier molecular flexibility index (Phi) is 4.90. The molecule has 0 bridgehead atoms. The predicted molar refractivity (Wildman–Crippen MR) is 109 cm³/mol.